The lowest BCUT2D eigenvalue weighted by atomic mass is 9.97. The van der Waals surface area contributed by atoms with E-state index in [4.69, 9.17) is 11.6 Å². The number of rotatable bonds is 4. The summed E-state index contributed by atoms with van der Waals surface area (Å²) in [4.78, 5) is 13.4. The third-order valence-electron chi connectivity index (χ3n) is 3.64. The highest BCUT2D eigenvalue weighted by molar-refractivity contribution is 9.10. The minimum absolute atomic E-state index is 0.0529. The first-order valence-corrected chi connectivity index (χ1v) is 8.12. The molecule has 0 radical (unpaired) electrons. The average molecular weight is 360 g/mol. The SMILES string of the molecule is CC(=O)NCC1CCCN(Cc2cc(Br)ccc2Cl)C1. The number of piperidine rings is 1. The van der Waals surface area contributed by atoms with Crippen LogP contribution in [0.1, 0.15) is 25.3 Å². The largest absolute Gasteiger partial charge is 0.356 e. The molecule has 1 N–H and O–H groups in total. The molecule has 1 heterocycles. The van der Waals surface area contributed by atoms with Crippen LogP contribution in [0.25, 0.3) is 0 Å². The van der Waals surface area contributed by atoms with Gasteiger partial charge in [-0.15, -0.1) is 0 Å². The molecule has 1 aromatic rings. The molecule has 1 aliphatic heterocycles. The third kappa shape index (κ3) is 4.76. The molecule has 0 aromatic heterocycles. The molecular weight excluding hydrogens is 340 g/mol. The molecule has 1 fully saturated rings. The molecule has 1 atom stereocenters. The molecule has 1 unspecified atom stereocenters. The van der Waals surface area contributed by atoms with Crippen molar-refractivity contribution in [3.05, 3.63) is 33.3 Å². The standard InChI is InChI=1S/C15H20BrClN2O/c1-11(20)18-8-12-3-2-6-19(9-12)10-13-7-14(16)4-5-15(13)17/h4-5,7,12H,2-3,6,8-10H2,1H3,(H,18,20). The van der Waals surface area contributed by atoms with Gasteiger partial charge in [0.1, 0.15) is 0 Å². The Hall–Kier alpha value is -0.580. The summed E-state index contributed by atoms with van der Waals surface area (Å²) in [5, 5.41) is 3.74. The van der Waals surface area contributed by atoms with Crippen molar-refractivity contribution in [2.75, 3.05) is 19.6 Å². The molecule has 1 aliphatic rings. The van der Waals surface area contributed by atoms with E-state index in [0.29, 0.717) is 5.92 Å². The summed E-state index contributed by atoms with van der Waals surface area (Å²) >= 11 is 9.74. The summed E-state index contributed by atoms with van der Waals surface area (Å²) in [6.45, 7) is 5.33. The maximum absolute atomic E-state index is 11.0. The van der Waals surface area contributed by atoms with Crippen molar-refractivity contribution < 1.29 is 4.79 Å². The van der Waals surface area contributed by atoms with E-state index in [2.05, 4.69) is 32.2 Å². The fraction of sp³-hybridized carbons (Fsp3) is 0.533. The van der Waals surface area contributed by atoms with E-state index in [1.165, 1.54) is 12.8 Å². The molecule has 1 aromatic carbocycles. The number of nitrogens with one attached hydrogen (secondary N) is 1. The summed E-state index contributed by atoms with van der Waals surface area (Å²) in [6, 6.07) is 5.97. The number of carbonyl (C=O) groups excluding carboxylic acids is 1. The molecule has 3 nitrogen and oxygen atoms in total. The van der Waals surface area contributed by atoms with Crippen molar-refractivity contribution >= 4 is 33.4 Å². The number of hydrogen-bond donors (Lipinski definition) is 1. The van der Waals surface area contributed by atoms with Gasteiger partial charge >= 0.3 is 0 Å². The predicted molar refractivity (Wildman–Crippen MR) is 85.8 cm³/mol. The lowest BCUT2D eigenvalue weighted by molar-refractivity contribution is -0.119. The minimum atomic E-state index is 0.0529. The Balaban J connectivity index is 1.92. The van der Waals surface area contributed by atoms with Crippen LogP contribution in [0.5, 0.6) is 0 Å². The van der Waals surface area contributed by atoms with E-state index in [0.717, 1.165) is 41.2 Å². The van der Waals surface area contributed by atoms with Crippen molar-refractivity contribution in [2.45, 2.75) is 26.3 Å². The fourth-order valence-corrected chi connectivity index (χ4v) is 3.24. The highest BCUT2D eigenvalue weighted by Gasteiger charge is 2.20. The average Bonchev–Trinajstić information content (AvgIpc) is 2.41. The van der Waals surface area contributed by atoms with Crippen molar-refractivity contribution in [2.24, 2.45) is 5.92 Å². The van der Waals surface area contributed by atoms with Gasteiger partial charge < -0.3 is 5.32 Å². The first kappa shape index (κ1) is 15.8. The first-order chi connectivity index (χ1) is 9.54. The van der Waals surface area contributed by atoms with E-state index >= 15 is 0 Å². The van der Waals surface area contributed by atoms with Crippen molar-refractivity contribution in [3.63, 3.8) is 0 Å². The number of nitrogens with zero attached hydrogens (tertiary/aromatic N) is 1. The Labute approximate surface area is 133 Å². The lowest BCUT2D eigenvalue weighted by Gasteiger charge is -2.33. The number of hydrogen-bond acceptors (Lipinski definition) is 2. The van der Waals surface area contributed by atoms with Crippen LogP contribution in [-0.4, -0.2) is 30.4 Å². The molecule has 1 saturated heterocycles. The van der Waals surface area contributed by atoms with E-state index < -0.39 is 0 Å². The summed E-state index contributed by atoms with van der Waals surface area (Å²) in [7, 11) is 0. The van der Waals surface area contributed by atoms with Crippen LogP contribution in [0.15, 0.2) is 22.7 Å². The summed E-state index contributed by atoms with van der Waals surface area (Å²) < 4.78 is 1.06. The van der Waals surface area contributed by atoms with Crippen LogP contribution in [0, 0.1) is 5.92 Å². The first-order valence-electron chi connectivity index (χ1n) is 6.95. The van der Waals surface area contributed by atoms with Crippen LogP contribution in [0.4, 0.5) is 0 Å². The van der Waals surface area contributed by atoms with E-state index in [9.17, 15) is 4.79 Å². The van der Waals surface area contributed by atoms with Gasteiger partial charge in [-0.2, -0.15) is 0 Å². The molecule has 1 amide bonds. The van der Waals surface area contributed by atoms with Gasteiger partial charge in [0, 0.05) is 36.1 Å². The minimum Gasteiger partial charge on any atom is -0.356 e. The van der Waals surface area contributed by atoms with E-state index in [1.807, 2.05) is 12.1 Å². The maximum Gasteiger partial charge on any atom is 0.216 e. The molecule has 2 rings (SSSR count). The predicted octanol–water partition coefficient (Wildman–Crippen LogP) is 3.45. The molecule has 0 bridgehead atoms. The second-order valence-corrected chi connectivity index (χ2v) is 6.74. The van der Waals surface area contributed by atoms with E-state index in [-0.39, 0.29) is 5.91 Å². The second kappa shape index (κ2) is 7.43. The number of benzene rings is 1. The van der Waals surface area contributed by atoms with Gasteiger partial charge in [-0.1, -0.05) is 27.5 Å². The van der Waals surface area contributed by atoms with Gasteiger partial charge in [0.15, 0.2) is 0 Å². The lowest BCUT2D eigenvalue weighted by Crippen LogP contribution is -2.40. The zero-order chi connectivity index (χ0) is 14.5. The Bertz CT molecular complexity index is 481. The zero-order valence-electron chi connectivity index (χ0n) is 11.7. The second-order valence-electron chi connectivity index (χ2n) is 5.42. The highest BCUT2D eigenvalue weighted by atomic mass is 79.9. The summed E-state index contributed by atoms with van der Waals surface area (Å²) in [5.74, 6) is 0.593. The van der Waals surface area contributed by atoms with Crippen LogP contribution in [-0.2, 0) is 11.3 Å². The number of amides is 1. The molecular formula is C15H20BrClN2O. The molecule has 0 spiro atoms. The van der Waals surface area contributed by atoms with Gasteiger partial charge in [0.05, 0.1) is 0 Å². The molecule has 110 valence electrons. The summed E-state index contributed by atoms with van der Waals surface area (Å²) in [5.41, 5.74) is 1.15. The number of halogens is 2. The normalized spacial score (nSPS) is 19.9. The summed E-state index contributed by atoms with van der Waals surface area (Å²) in [6.07, 6.45) is 2.36. The quantitative estimate of drug-likeness (QED) is 0.893. The molecule has 5 heteroatoms. The van der Waals surface area contributed by atoms with Crippen LogP contribution < -0.4 is 5.32 Å². The van der Waals surface area contributed by atoms with Crippen LogP contribution in [0.2, 0.25) is 5.02 Å². The Morgan fingerprint density at radius 3 is 3.10 bits per heavy atom. The molecule has 0 aliphatic carbocycles. The van der Waals surface area contributed by atoms with Gasteiger partial charge in [0.2, 0.25) is 5.91 Å². The van der Waals surface area contributed by atoms with Crippen LogP contribution >= 0.6 is 27.5 Å². The topological polar surface area (TPSA) is 32.3 Å². The van der Waals surface area contributed by atoms with Gasteiger partial charge in [-0.05, 0) is 49.1 Å². The monoisotopic (exact) mass is 358 g/mol. The Morgan fingerprint density at radius 1 is 1.55 bits per heavy atom. The highest BCUT2D eigenvalue weighted by Crippen LogP contribution is 2.24. The van der Waals surface area contributed by atoms with Gasteiger partial charge in [-0.3, -0.25) is 9.69 Å². The van der Waals surface area contributed by atoms with Gasteiger partial charge in [-0.25, -0.2) is 0 Å². The van der Waals surface area contributed by atoms with Gasteiger partial charge in [0.25, 0.3) is 0 Å². The number of carbonyl (C=O) groups is 1. The van der Waals surface area contributed by atoms with Crippen molar-refractivity contribution in [1.82, 2.24) is 10.2 Å². The Kier molecular flexibility index (Phi) is 5.87. The maximum atomic E-state index is 11.0. The van der Waals surface area contributed by atoms with Crippen LogP contribution in [0.3, 0.4) is 0 Å². The van der Waals surface area contributed by atoms with Crippen molar-refractivity contribution in [1.29, 1.82) is 0 Å². The van der Waals surface area contributed by atoms with Crippen molar-refractivity contribution in [3.8, 4) is 0 Å². The third-order valence-corrected chi connectivity index (χ3v) is 4.51. The van der Waals surface area contributed by atoms with E-state index in [1.54, 1.807) is 6.92 Å². The fourth-order valence-electron chi connectivity index (χ4n) is 2.65. The number of likely N-dealkylation sites (tertiary alicyclic amines) is 1. The molecule has 0 saturated carbocycles. The Morgan fingerprint density at radius 2 is 2.35 bits per heavy atom. The molecule has 20 heavy (non-hydrogen) atoms. The smallest absolute Gasteiger partial charge is 0.216 e. The zero-order valence-corrected chi connectivity index (χ0v) is 14.0.